The minimum Gasteiger partial charge on any atom is -0.284 e. The lowest BCUT2D eigenvalue weighted by molar-refractivity contribution is -0.171. The quantitative estimate of drug-likeness (QED) is 0.283. The Kier molecular flexibility index (Phi) is 2.60. The van der Waals surface area contributed by atoms with Crippen LogP contribution in [0.15, 0.2) is 0 Å². The number of hydroxylamine groups is 2. The fourth-order valence-corrected chi connectivity index (χ4v) is 3.45. The molecule has 0 saturated carbocycles. The van der Waals surface area contributed by atoms with E-state index in [4.69, 9.17) is 14.3 Å². The molecule has 0 aromatic rings. The van der Waals surface area contributed by atoms with Gasteiger partial charge in [-0.2, -0.15) is 21.9 Å². The van der Waals surface area contributed by atoms with Crippen LogP contribution < -0.4 is 0 Å². The molecule has 0 unspecified atom stereocenters. The van der Waals surface area contributed by atoms with Gasteiger partial charge in [0.05, 0.1) is 6.42 Å². The van der Waals surface area contributed by atoms with Crippen molar-refractivity contribution >= 4 is 32.1 Å². The molecule has 1 saturated heterocycles. The molecule has 16 heavy (non-hydrogen) atoms. The molecule has 1 aliphatic heterocycles. The summed E-state index contributed by atoms with van der Waals surface area (Å²) >= 11 is 0. The van der Waals surface area contributed by atoms with Crippen molar-refractivity contribution in [1.29, 1.82) is 0 Å². The van der Waals surface area contributed by atoms with Crippen LogP contribution in [0.3, 0.4) is 0 Å². The number of imide groups is 1. The molecular weight excluding hydrogens is 270 g/mol. The summed E-state index contributed by atoms with van der Waals surface area (Å²) in [5, 5.41) is 7.92. The van der Waals surface area contributed by atoms with Gasteiger partial charge in [0.15, 0.2) is 0 Å². The van der Waals surface area contributed by atoms with E-state index in [-0.39, 0.29) is 0 Å². The van der Waals surface area contributed by atoms with Crippen molar-refractivity contribution in [1.82, 2.24) is 5.06 Å². The highest BCUT2D eigenvalue weighted by Crippen LogP contribution is 2.35. The highest BCUT2D eigenvalue weighted by Gasteiger charge is 2.69. The van der Waals surface area contributed by atoms with E-state index in [9.17, 15) is 26.4 Å². The summed E-state index contributed by atoms with van der Waals surface area (Å²) < 4.78 is 56.7. The molecule has 0 aromatic heterocycles. The van der Waals surface area contributed by atoms with E-state index in [1.807, 2.05) is 0 Å². The lowest BCUT2D eigenvalue weighted by Gasteiger charge is -2.17. The van der Waals surface area contributed by atoms with Gasteiger partial charge in [-0.15, -0.1) is 0 Å². The largest absolute Gasteiger partial charge is 0.310 e. The van der Waals surface area contributed by atoms with Crippen LogP contribution in [0.5, 0.6) is 0 Å². The second kappa shape index (κ2) is 3.21. The van der Waals surface area contributed by atoms with E-state index in [0.717, 1.165) is 0 Å². The van der Waals surface area contributed by atoms with E-state index in [1.54, 1.807) is 0 Å². The van der Waals surface area contributed by atoms with Crippen LogP contribution in [0.25, 0.3) is 0 Å². The number of carbonyl (C=O) groups excluding carboxylic acids is 2. The molecule has 1 rings (SSSR count). The number of carbonyl (C=O) groups is 2. The maximum absolute atomic E-state index is 11.1. The van der Waals surface area contributed by atoms with Gasteiger partial charge in [-0.3, -0.25) is 23.9 Å². The highest BCUT2D eigenvalue weighted by atomic mass is 32.3. The number of rotatable bonds is 2. The number of nitrogens with zero attached hydrogens (tertiary/aromatic N) is 1. The summed E-state index contributed by atoms with van der Waals surface area (Å²) in [7, 11) is -11.3. The SMILES string of the molecule is O=C1CC(S(=O)(=O)O)(S(=O)(=O)O)C(=O)N1O. The molecule has 1 heterocycles. The van der Waals surface area contributed by atoms with Gasteiger partial charge in [-0.1, -0.05) is 0 Å². The maximum Gasteiger partial charge on any atom is 0.310 e. The molecule has 10 nitrogen and oxygen atoms in total. The van der Waals surface area contributed by atoms with E-state index < -0.39 is 47.6 Å². The van der Waals surface area contributed by atoms with Gasteiger partial charge >= 0.3 is 4.08 Å². The lowest BCUT2D eigenvalue weighted by Crippen LogP contribution is -2.51. The molecule has 1 aliphatic rings. The van der Waals surface area contributed by atoms with Gasteiger partial charge in [0.2, 0.25) is 0 Å². The molecule has 1 fully saturated rings. The smallest absolute Gasteiger partial charge is 0.284 e. The summed E-state index contributed by atoms with van der Waals surface area (Å²) in [4.78, 5) is 21.9. The monoisotopic (exact) mass is 275 g/mol. The van der Waals surface area contributed by atoms with Gasteiger partial charge in [-0.25, -0.2) is 0 Å². The average Bonchev–Trinajstić information content (AvgIpc) is 2.27. The van der Waals surface area contributed by atoms with Crippen molar-refractivity contribution in [3.8, 4) is 0 Å². The second-order valence-electron chi connectivity index (χ2n) is 2.89. The Morgan fingerprint density at radius 2 is 1.44 bits per heavy atom. The first-order chi connectivity index (χ1) is 6.95. The highest BCUT2D eigenvalue weighted by molar-refractivity contribution is 8.06. The zero-order valence-electron chi connectivity index (χ0n) is 7.26. The van der Waals surface area contributed by atoms with Gasteiger partial charge in [-0.05, 0) is 0 Å². The Bertz CT molecular complexity index is 524. The summed E-state index contributed by atoms with van der Waals surface area (Å²) in [5.41, 5.74) is 0. The average molecular weight is 275 g/mol. The first kappa shape index (κ1) is 13.0. The fraction of sp³-hybridized carbons (Fsp3) is 0.500. The Morgan fingerprint density at radius 1 is 1.06 bits per heavy atom. The minimum atomic E-state index is -5.65. The number of hydrogen-bond donors (Lipinski definition) is 3. The Morgan fingerprint density at radius 3 is 1.56 bits per heavy atom. The van der Waals surface area contributed by atoms with Crippen molar-refractivity contribution < 1.29 is 40.7 Å². The van der Waals surface area contributed by atoms with E-state index >= 15 is 0 Å². The topological polar surface area (TPSA) is 166 Å². The zero-order chi connectivity index (χ0) is 12.9. The van der Waals surface area contributed by atoms with Crippen LogP contribution in [0.2, 0.25) is 0 Å². The maximum atomic E-state index is 11.1. The van der Waals surface area contributed by atoms with Crippen LogP contribution in [0, 0.1) is 0 Å². The molecular formula is C4H5NO9S2. The normalized spacial score (nSPS) is 21.6. The Hall–Kier alpha value is -1.08. The lowest BCUT2D eigenvalue weighted by atomic mass is 10.3. The van der Waals surface area contributed by atoms with Gasteiger partial charge in [0.25, 0.3) is 32.1 Å². The molecule has 3 N–H and O–H groups in total. The summed E-state index contributed by atoms with van der Waals surface area (Å²) in [6.07, 6.45) is -1.60. The summed E-state index contributed by atoms with van der Waals surface area (Å²) in [5.74, 6) is -3.73. The zero-order valence-corrected chi connectivity index (χ0v) is 8.89. The van der Waals surface area contributed by atoms with Crippen molar-refractivity contribution in [3.05, 3.63) is 0 Å². The molecule has 0 aromatic carbocycles. The van der Waals surface area contributed by atoms with Crippen LogP contribution >= 0.6 is 0 Å². The van der Waals surface area contributed by atoms with Crippen molar-refractivity contribution in [2.45, 2.75) is 10.5 Å². The molecule has 92 valence electrons. The van der Waals surface area contributed by atoms with Crippen molar-refractivity contribution in [2.24, 2.45) is 0 Å². The minimum absolute atomic E-state index is 0.790. The predicted octanol–water partition coefficient (Wildman–Crippen LogP) is -2.39. The third-order valence-electron chi connectivity index (χ3n) is 1.97. The third kappa shape index (κ3) is 1.42. The number of hydrogen-bond acceptors (Lipinski definition) is 7. The van der Waals surface area contributed by atoms with E-state index in [1.165, 1.54) is 0 Å². The first-order valence-electron chi connectivity index (χ1n) is 3.45. The molecule has 0 aliphatic carbocycles. The molecule has 12 heteroatoms. The van der Waals surface area contributed by atoms with Crippen LogP contribution in [0.1, 0.15) is 6.42 Å². The van der Waals surface area contributed by atoms with Crippen LogP contribution in [-0.2, 0) is 29.8 Å². The second-order valence-corrected chi connectivity index (χ2v) is 6.44. The molecule has 0 spiro atoms. The first-order valence-corrected chi connectivity index (χ1v) is 6.33. The predicted molar refractivity (Wildman–Crippen MR) is 44.1 cm³/mol. The Labute approximate surface area is 88.9 Å². The van der Waals surface area contributed by atoms with Crippen LogP contribution in [0.4, 0.5) is 0 Å². The molecule has 0 radical (unpaired) electrons. The van der Waals surface area contributed by atoms with Gasteiger partial charge in [0, 0.05) is 0 Å². The Balaban J connectivity index is 3.68. The summed E-state index contributed by atoms with van der Waals surface area (Å²) in [6, 6.07) is 0. The molecule has 0 atom stereocenters. The standard InChI is InChI=1S/C4H5NO9S2/c6-2-1-4(15(9,10)11,16(12,13)14)3(7)5(2)8/h8H,1H2,(H,9,10,11)(H,12,13,14). The van der Waals surface area contributed by atoms with Gasteiger partial charge in [0.1, 0.15) is 0 Å². The van der Waals surface area contributed by atoms with Crippen LogP contribution in [-0.4, -0.2) is 52.1 Å². The summed E-state index contributed by atoms with van der Waals surface area (Å²) in [6.45, 7) is 0. The third-order valence-corrected chi connectivity index (χ3v) is 5.54. The van der Waals surface area contributed by atoms with Crippen molar-refractivity contribution in [2.75, 3.05) is 0 Å². The number of amides is 2. The molecule has 2 amide bonds. The van der Waals surface area contributed by atoms with Crippen molar-refractivity contribution in [3.63, 3.8) is 0 Å². The fourth-order valence-electron chi connectivity index (χ4n) is 1.16. The van der Waals surface area contributed by atoms with E-state index in [2.05, 4.69) is 0 Å². The van der Waals surface area contributed by atoms with E-state index in [0.29, 0.717) is 0 Å². The molecule has 0 bridgehead atoms. The van der Waals surface area contributed by atoms with Gasteiger partial charge < -0.3 is 0 Å².